The Balaban J connectivity index is 2.31. The van der Waals surface area contributed by atoms with Crippen LogP contribution >= 0.6 is 0 Å². The van der Waals surface area contributed by atoms with Gasteiger partial charge in [-0.05, 0) is 38.6 Å². The van der Waals surface area contributed by atoms with Crippen molar-refractivity contribution in [3.8, 4) is 5.75 Å². The summed E-state index contributed by atoms with van der Waals surface area (Å²) in [6.45, 7) is 1.65. The third kappa shape index (κ3) is 2.45. The molecule has 94 valence electrons. The molecule has 0 atom stereocenters. The van der Waals surface area contributed by atoms with Crippen LogP contribution in [0.1, 0.15) is 24.0 Å². The highest BCUT2D eigenvalue weighted by Crippen LogP contribution is 2.47. The Labute approximate surface area is 104 Å². The lowest BCUT2D eigenvalue weighted by atomic mass is 9.94. The molecule has 1 aromatic carbocycles. The van der Waals surface area contributed by atoms with E-state index in [4.69, 9.17) is 10.5 Å². The van der Waals surface area contributed by atoms with Crippen molar-refractivity contribution in [1.29, 1.82) is 0 Å². The zero-order chi connectivity index (χ0) is 12.5. The lowest BCUT2D eigenvalue weighted by molar-refractivity contribution is 0.371. The fourth-order valence-corrected chi connectivity index (χ4v) is 2.33. The van der Waals surface area contributed by atoms with Crippen molar-refractivity contribution in [2.24, 2.45) is 5.73 Å². The second-order valence-corrected chi connectivity index (χ2v) is 5.25. The summed E-state index contributed by atoms with van der Waals surface area (Å²) >= 11 is 0. The maximum absolute atomic E-state index is 5.88. The maximum Gasteiger partial charge on any atom is 0.123 e. The molecule has 1 fully saturated rings. The molecule has 0 unspecified atom stereocenters. The Morgan fingerprint density at radius 3 is 2.53 bits per heavy atom. The number of rotatable bonds is 5. The molecule has 2 N–H and O–H groups in total. The molecule has 2 rings (SSSR count). The number of ether oxygens (including phenoxy) is 1. The highest BCUT2D eigenvalue weighted by molar-refractivity contribution is 5.42. The molecule has 1 saturated carbocycles. The largest absolute Gasteiger partial charge is 0.496 e. The normalized spacial score (nSPS) is 17.2. The molecule has 0 amide bonds. The minimum Gasteiger partial charge on any atom is -0.496 e. The van der Waals surface area contributed by atoms with Crippen LogP contribution in [0.25, 0.3) is 0 Å². The highest BCUT2D eigenvalue weighted by atomic mass is 16.5. The standard InChI is InChI=1S/C14H22N2O/c1-16(2)9-11-8-12(4-5-13(11)17-3)14(10-15)6-7-14/h4-5,8H,6-7,9-10,15H2,1-3H3. The van der Waals surface area contributed by atoms with Gasteiger partial charge in [0.15, 0.2) is 0 Å². The average molecular weight is 234 g/mol. The maximum atomic E-state index is 5.88. The molecule has 0 spiro atoms. The Kier molecular flexibility index (Phi) is 3.40. The Hall–Kier alpha value is -1.06. The predicted molar refractivity (Wildman–Crippen MR) is 70.4 cm³/mol. The SMILES string of the molecule is COc1ccc(C2(CN)CC2)cc1CN(C)C. The first-order valence-corrected chi connectivity index (χ1v) is 6.13. The van der Waals surface area contributed by atoms with E-state index < -0.39 is 0 Å². The topological polar surface area (TPSA) is 38.5 Å². The van der Waals surface area contributed by atoms with Gasteiger partial charge in [-0.1, -0.05) is 12.1 Å². The fourth-order valence-electron chi connectivity index (χ4n) is 2.33. The molecule has 1 aliphatic rings. The van der Waals surface area contributed by atoms with Crippen molar-refractivity contribution in [1.82, 2.24) is 4.90 Å². The third-order valence-corrected chi connectivity index (χ3v) is 3.62. The van der Waals surface area contributed by atoms with Crippen molar-refractivity contribution >= 4 is 0 Å². The number of benzene rings is 1. The van der Waals surface area contributed by atoms with Gasteiger partial charge in [0.2, 0.25) is 0 Å². The average Bonchev–Trinajstić information content (AvgIpc) is 3.09. The number of nitrogens with zero attached hydrogens (tertiary/aromatic N) is 1. The quantitative estimate of drug-likeness (QED) is 0.843. The third-order valence-electron chi connectivity index (χ3n) is 3.62. The van der Waals surface area contributed by atoms with E-state index in [1.807, 2.05) is 0 Å². The smallest absolute Gasteiger partial charge is 0.123 e. The second kappa shape index (κ2) is 4.67. The van der Waals surface area contributed by atoms with E-state index >= 15 is 0 Å². The van der Waals surface area contributed by atoms with Crippen LogP contribution in [0.5, 0.6) is 5.75 Å². The fraction of sp³-hybridized carbons (Fsp3) is 0.571. The summed E-state index contributed by atoms with van der Waals surface area (Å²) < 4.78 is 5.41. The van der Waals surface area contributed by atoms with Crippen molar-refractivity contribution in [3.63, 3.8) is 0 Å². The molecule has 3 nitrogen and oxygen atoms in total. The summed E-state index contributed by atoms with van der Waals surface area (Å²) in [6, 6.07) is 6.50. The van der Waals surface area contributed by atoms with Crippen molar-refractivity contribution in [3.05, 3.63) is 29.3 Å². The van der Waals surface area contributed by atoms with E-state index in [2.05, 4.69) is 37.2 Å². The van der Waals surface area contributed by atoms with E-state index in [1.165, 1.54) is 24.0 Å². The van der Waals surface area contributed by atoms with E-state index in [1.54, 1.807) is 7.11 Å². The molecule has 0 saturated heterocycles. The van der Waals surface area contributed by atoms with E-state index in [-0.39, 0.29) is 5.41 Å². The van der Waals surface area contributed by atoms with Crippen LogP contribution in [0.3, 0.4) is 0 Å². The minimum absolute atomic E-state index is 0.257. The van der Waals surface area contributed by atoms with Crippen LogP contribution < -0.4 is 10.5 Å². The van der Waals surface area contributed by atoms with E-state index in [0.717, 1.165) is 18.8 Å². The van der Waals surface area contributed by atoms with Gasteiger partial charge in [0.25, 0.3) is 0 Å². The summed E-state index contributed by atoms with van der Waals surface area (Å²) in [5, 5.41) is 0. The summed E-state index contributed by atoms with van der Waals surface area (Å²) in [4.78, 5) is 2.16. The van der Waals surface area contributed by atoms with Gasteiger partial charge in [0.05, 0.1) is 7.11 Å². The minimum atomic E-state index is 0.257. The molecule has 0 bridgehead atoms. The van der Waals surface area contributed by atoms with Gasteiger partial charge in [-0.3, -0.25) is 0 Å². The van der Waals surface area contributed by atoms with Gasteiger partial charge in [-0.2, -0.15) is 0 Å². The van der Waals surface area contributed by atoms with Crippen LogP contribution in [0.4, 0.5) is 0 Å². The van der Waals surface area contributed by atoms with Crippen LogP contribution in [-0.2, 0) is 12.0 Å². The molecule has 3 heteroatoms. The lowest BCUT2D eigenvalue weighted by Crippen LogP contribution is -2.20. The van der Waals surface area contributed by atoms with Crippen molar-refractivity contribution in [2.75, 3.05) is 27.7 Å². The molecule has 17 heavy (non-hydrogen) atoms. The number of methoxy groups -OCH3 is 1. The number of hydrogen-bond donors (Lipinski definition) is 1. The zero-order valence-corrected chi connectivity index (χ0v) is 11.0. The molecule has 0 aliphatic heterocycles. The van der Waals surface area contributed by atoms with Gasteiger partial charge in [0, 0.05) is 24.1 Å². The number of hydrogen-bond acceptors (Lipinski definition) is 3. The van der Waals surface area contributed by atoms with Crippen LogP contribution in [0.15, 0.2) is 18.2 Å². The second-order valence-electron chi connectivity index (χ2n) is 5.25. The Morgan fingerprint density at radius 1 is 1.35 bits per heavy atom. The first-order valence-electron chi connectivity index (χ1n) is 6.13. The summed E-state index contributed by atoms with van der Waals surface area (Å²) in [5.74, 6) is 0.968. The summed E-state index contributed by atoms with van der Waals surface area (Å²) in [5.41, 5.74) is 8.76. The Morgan fingerprint density at radius 2 is 2.06 bits per heavy atom. The molecule has 1 aromatic rings. The van der Waals surface area contributed by atoms with Gasteiger partial charge in [0.1, 0.15) is 5.75 Å². The highest BCUT2D eigenvalue weighted by Gasteiger charge is 2.42. The molecule has 0 aromatic heterocycles. The van der Waals surface area contributed by atoms with Gasteiger partial charge in [-0.15, -0.1) is 0 Å². The summed E-state index contributed by atoms with van der Waals surface area (Å²) in [6.07, 6.45) is 2.44. The molecule has 0 heterocycles. The van der Waals surface area contributed by atoms with Gasteiger partial charge in [-0.25, -0.2) is 0 Å². The first kappa shape index (κ1) is 12.4. The molecular formula is C14H22N2O. The monoisotopic (exact) mass is 234 g/mol. The predicted octanol–water partition coefficient (Wildman–Crippen LogP) is 1.75. The molecular weight excluding hydrogens is 212 g/mol. The van der Waals surface area contributed by atoms with Gasteiger partial charge < -0.3 is 15.4 Å². The lowest BCUT2D eigenvalue weighted by Gasteiger charge is -2.18. The summed E-state index contributed by atoms with van der Waals surface area (Å²) in [7, 11) is 5.87. The van der Waals surface area contributed by atoms with Crippen LogP contribution in [0, 0.1) is 0 Å². The van der Waals surface area contributed by atoms with E-state index in [9.17, 15) is 0 Å². The number of nitrogens with two attached hydrogens (primary N) is 1. The molecule has 1 aliphatic carbocycles. The Bertz CT molecular complexity index is 397. The van der Waals surface area contributed by atoms with Gasteiger partial charge >= 0.3 is 0 Å². The van der Waals surface area contributed by atoms with E-state index in [0.29, 0.717) is 0 Å². The van der Waals surface area contributed by atoms with Crippen molar-refractivity contribution in [2.45, 2.75) is 24.8 Å². The van der Waals surface area contributed by atoms with Crippen LogP contribution in [0.2, 0.25) is 0 Å². The molecule has 0 radical (unpaired) electrons. The van der Waals surface area contributed by atoms with Crippen LogP contribution in [-0.4, -0.2) is 32.6 Å². The zero-order valence-electron chi connectivity index (χ0n) is 11.0. The van der Waals surface area contributed by atoms with Crippen molar-refractivity contribution < 1.29 is 4.74 Å². The first-order chi connectivity index (χ1) is 8.11.